The fraction of sp³-hybridized carbons (Fsp3) is 0.909. The van der Waals surface area contributed by atoms with E-state index in [1.54, 1.807) is 0 Å². The summed E-state index contributed by atoms with van der Waals surface area (Å²) in [6.07, 6.45) is 2.91. The van der Waals surface area contributed by atoms with E-state index >= 15 is 0 Å². The van der Waals surface area contributed by atoms with Crippen LogP contribution in [0.15, 0.2) is 0 Å². The number of hydrogen-bond donors (Lipinski definition) is 0. The molecule has 0 saturated heterocycles. The number of rotatable bonds is 2. The molecule has 2 heteroatoms. The fourth-order valence-corrected chi connectivity index (χ4v) is 2.16. The summed E-state index contributed by atoms with van der Waals surface area (Å²) in [4.78, 5) is 13.7. The SMILES string of the molecule is CN(C)C[C@H]1CC(C)(C)CCC1=O. The van der Waals surface area contributed by atoms with E-state index in [-0.39, 0.29) is 5.92 Å². The molecule has 13 heavy (non-hydrogen) atoms. The van der Waals surface area contributed by atoms with Crippen LogP contribution in [0, 0.1) is 11.3 Å². The Labute approximate surface area is 81.3 Å². The average molecular weight is 183 g/mol. The smallest absolute Gasteiger partial charge is 0.137 e. The maximum atomic E-state index is 11.6. The number of carbonyl (C=O) groups excluding carboxylic acids is 1. The minimum atomic E-state index is 0.277. The Bertz CT molecular complexity index is 196. The minimum Gasteiger partial charge on any atom is -0.309 e. The molecule has 0 aromatic rings. The monoisotopic (exact) mass is 183 g/mol. The van der Waals surface area contributed by atoms with E-state index in [2.05, 4.69) is 18.7 Å². The van der Waals surface area contributed by atoms with Gasteiger partial charge in [-0.25, -0.2) is 0 Å². The van der Waals surface area contributed by atoms with Gasteiger partial charge in [0.25, 0.3) is 0 Å². The predicted octanol–water partition coefficient (Wildman–Crippen LogP) is 1.94. The molecule has 0 aliphatic heterocycles. The van der Waals surface area contributed by atoms with E-state index in [4.69, 9.17) is 0 Å². The van der Waals surface area contributed by atoms with Gasteiger partial charge in [-0.2, -0.15) is 0 Å². The molecule has 0 bridgehead atoms. The molecule has 1 aliphatic rings. The first-order chi connectivity index (χ1) is 5.91. The molecule has 76 valence electrons. The van der Waals surface area contributed by atoms with Crippen LogP contribution in [0.25, 0.3) is 0 Å². The fourth-order valence-electron chi connectivity index (χ4n) is 2.16. The topological polar surface area (TPSA) is 20.3 Å². The third-order valence-corrected chi connectivity index (χ3v) is 2.89. The number of nitrogens with zero attached hydrogens (tertiary/aromatic N) is 1. The third kappa shape index (κ3) is 3.11. The summed E-state index contributed by atoms with van der Waals surface area (Å²) in [5.74, 6) is 0.742. The second-order valence-corrected chi connectivity index (χ2v) is 5.29. The molecule has 0 heterocycles. The van der Waals surface area contributed by atoms with Crippen molar-refractivity contribution in [3.63, 3.8) is 0 Å². The Balaban J connectivity index is 2.55. The van der Waals surface area contributed by atoms with Gasteiger partial charge in [0.15, 0.2) is 0 Å². The van der Waals surface area contributed by atoms with Crippen LogP contribution in [0.3, 0.4) is 0 Å². The first kappa shape index (κ1) is 10.7. The van der Waals surface area contributed by atoms with E-state index in [0.717, 1.165) is 25.8 Å². The van der Waals surface area contributed by atoms with Gasteiger partial charge in [-0.3, -0.25) is 4.79 Å². The lowest BCUT2D eigenvalue weighted by molar-refractivity contribution is -0.127. The van der Waals surface area contributed by atoms with Crippen LogP contribution < -0.4 is 0 Å². The zero-order chi connectivity index (χ0) is 10.1. The summed E-state index contributed by atoms with van der Waals surface area (Å²) in [5, 5.41) is 0. The molecule has 0 aromatic heterocycles. The third-order valence-electron chi connectivity index (χ3n) is 2.89. The molecule has 0 spiro atoms. The number of ketones is 1. The molecule has 0 N–H and O–H groups in total. The van der Waals surface area contributed by atoms with E-state index in [1.165, 1.54) is 0 Å². The van der Waals surface area contributed by atoms with Gasteiger partial charge in [0.05, 0.1) is 0 Å². The maximum Gasteiger partial charge on any atom is 0.137 e. The summed E-state index contributed by atoms with van der Waals surface area (Å²) < 4.78 is 0. The second kappa shape index (κ2) is 3.79. The molecule has 1 atom stereocenters. The van der Waals surface area contributed by atoms with Gasteiger partial charge < -0.3 is 4.90 Å². The number of carbonyl (C=O) groups is 1. The normalized spacial score (nSPS) is 28.1. The van der Waals surface area contributed by atoms with Gasteiger partial charge in [-0.05, 0) is 32.4 Å². The first-order valence-corrected chi connectivity index (χ1v) is 5.08. The van der Waals surface area contributed by atoms with Crippen molar-refractivity contribution in [3.8, 4) is 0 Å². The maximum absolute atomic E-state index is 11.6. The van der Waals surface area contributed by atoms with Gasteiger partial charge in [-0.1, -0.05) is 13.8 Å². The highest BCUT2D eigenvalue weighted by Gasteiger charge is 2.33. The highest BCUT2D eigenvalue weighted by Crippen LogP contribution is 2.36. The number of hydrogen-bond acceptors (Lipinski definition) is 2. The lowest BCUT2D eigenvalue weighted by atomic mass is 9.71. The zero-order valence-corrected chi connectivity index (χ0v) is 9.26. The van der Waals surface area contributed by atoms with Gasteiger partial charge in [0.2, 0.25) is 0 Å². The van der Waals surface area contributed by atoms with Crippen LogP contribution in [0.5, 0.6) is 0 Å². The molecule has 1 aliphatic carbocycles. The van der Waals surface area contributed by atoms with Crippen molar-refractivity contribution >= 4 is 5.78 Å². The van der Waals surface area contributed by atoms with Crippen molar-refractivity contribution in [2.24, 2.45) is 11.3 Å². The predicted molar refractivity (Wildman–Crippen MR) is 54.7 cm³/mol. The van der Waals surface area contributed by atoms with Crippen molar-refractivity contribution in [2.75, 3.05) is 20.6 Å². The Kier molecular flexibility index (Phi) is 3.12. The van der Waals surface area contributed by atoms with Gasteiger partial charge in [0, 0.05) is 18.9 Å². The van der Waals surface area contributed by atoms with Crippen LogP contribution >= 0.6 is 0 Å². The molecular formula is C11H21NO. The molecular weight excluding hydrogens is 162 g/mol. The minimum absolute atomic E-state index is 0.277. The zero-order valence-electron chi connectivity index (χ0n) is 9.26. The molecule has 1 saturated carbocycles. The highest BCUT2D eigenvalue weighted by atomic mass is 16.1. The largest absolute Gasteiger partial charge is 0.309 e. The molecule has 0 radical (unpaired) electrons. The Hall–Kier alpha value is -0.370. The first-order valence-electron chi connectivity index (χ1n) is 5.08. The van der Waals surface area contributed by atoms with Crippen LogP contribution in [0.4, 0.5) is 0 Å². The van der Waals surface area contributed by atoms with Crippen molar-refractivity contribution in [1.82, 2.24) is 4.90 Å². The Morgan fingerprint density at radius 1 is 1.46 bits per heavy atom. The highest BCUT2D eigenvalue weighted by molar-refractivity contribution is 5.82. The van der Waals surface area contributed by atoms with Crippen molar-refractivity contribution in [2.45, 2.75) is 33.1 Å². The average Bonchev–Trinajstić information content (AvgIpc) is 1.95. The molecule has 1 fully saturated rings. The van der Waals surface area contributed by atoms with Crippen molar-refractivity contribution < 1.29 is 4.79 Å². The van der Waals surface area contributed by atoms with E-state index in [0.29, 0.717) is 11.2 Å². The van der Waals surface area contributed by atoms with Crippen molar-refractivity contribution in [1.29, 1.82) is 0 Å². The molecule has 0 aromatic carbocycles. The summed E-state index contributed by atoms with van der Waals surface area (Å²) in [7, 11) is 4.07. The molecule has 0 amide bonds. The Morgan fingerprint density at radius 2 is 2.08 bits per heavy atom. The quantitative estimate of drug-likeness (QED) is 0.652. The second-order valence-electron chi connectivity index (χ2n) is 5.29. The van der Waals surface area contributed by atoms with Crippen LogP contribution in [0.2, 0.25) is 0 Å². The molecule has 2 nitrogen and oxygen atoms in total. The Morgan fingerprint density at radius 3 is 2.62 bits per heavy atom. The van der Waals surface area contributed by atoms with Crippen molar-refractivity contribution in [3.05, 3.63) is 0 Å². The van der Waals surface area contributed by atoms with Crippen LogP contribution in [0.1, 0.15) is 33.1 Å². The van der Waals surface area contributed by atoms with Crippen LogP contribution in [-0.2, 0) is 4.79 Å². The van der Waals surface area contributed by atoms with E-state index < -0.39 is 0 Å². The van der Waals surface area contributed by atoms with Gasteiger partial charge in [-0.15, -0.1) is 0 Å². The lowest BCUT2D eigenvalue weighted by Gasteiger charge is -2.35. The van der Waals surface area contributed by atoms with Crippen LogP contribution in [-0.4, -0.2) is 31.3 Å². The van der Waals surface area contributed by atoms with Gasteiger partial charge >= 0.3 is 0 Å². The molecule has 1 rings (SSSR count). The number of Topliss-reactive ketones (excluding diaryl/α,β-unsaturated/α-hetero) is 1. The summed E-state index contributed by atoms with van der Waals surface area (Å²) in [6.45, 7) is 5.45. The van der Waals surface area contributed by atoms with E-state index in [9.17, 15) is 4.79 Å². The molecule has 0 unspecified atom stereocenters. The standard InChI is InChI=1S/C11H21NO/c1-11(2)6-5-10(13)9(7-11)8-12(3)4/h9H,5-8H2,1-4H3/t9-/m1/s1. The van der Waals surface area contributed by atoms with E-state index in [1.807, 2.05) is 14.1 Å². The lowest BCUT2D eigenvalue weighted by Crippen LogP contribution is -2.36. The summed E-state index contributed by atoms with van der Waals surface area (Å²) >= 11 is 0. The summed E-state index contributed by atoms with van der Waals surface area (Å²) in [6, 6.07) is 0. The summed E-state index contributed by atoms with van der Waals surface area (Å²) in [5.41, 5.74) is 0.370. The van der Waals surface area contributed by atoms with Gasteiger partial charge in [0.1, 0.15) is 5.78 Å².